The van der Waals surface area contributed by atoms with Crippen LogP contribution in [0.1, 0.15) is 23.6 Å². The third-order valence-electron chi connectivity index (χ3n) is 5.17. The van der Waals surface area contributed by atoms with E-state index in [0.717, 1.165) is 0 Å². The van der Waals surface area contributed by atoms with Crippen molar-refractivity contribution in [1.29, 1.82) is 0 Å². The van der Waals surface area contributed by atoms with Crippen molar-refractivity contribution in [2.24, 2.45) is 7.05 Å². The molecule has 1 atom stereocenters. The van der Waals surface area contributed by atoms with Crippen molar-refractivity contribution < 1.29 is 14.0 Å². The molecule has 148 valence electrons. The van der Waals surface area contributed by atoms with Gasteiger partial charge in [-0.15, -0.1) is 0 Å². The van der Waals surface area contributed by atoms with Crippen molar-refractivity contribution in [3.63, 3.8) is 0 Å². The van der Waals surface area contributed by atoms with Crippen LogP contribution in [0.3, 0.4) is 0 Å². The van der Waals surface area contributed by atoms with Gasteiger partial charge < -0.3 is 10.6 Å². The van der Waals surface area contributed by atoms with Gasteiger partial charge in [-0.2, -0.15) is 0 Å². The van der Waals surface area contributed by atoms with Gasteiger partial charge in [0.25, 0.3) is 5.56 Å². The molecule has 0 spiro atoms. The van der Waals surface area contributed by atoms with Crippen molar-refractivity contribution in [2.75, 3.05) is 10.6 Å². The Bertz CT molecular complexity index is 1180. The molecule has 8 heteroatoms. The Labute approximate surface area is 165 Å². The monoisotopic (exact) mass is 394 g/mol. The Morgan fingerprint density at radius 2 is 1.90 bits per heavy atom. The van der Waals surface area contributed by atoms with E-state index in [1.165, 1.54) is 22.9 Å². The first-order valence-corrected chi connectivity index (χ1v) is 9.11. The summed E-state index contributed by atoms with van der Waals surface area (Å²) in [6, 6.07) is 13.0. The number of anilines is 2. The summed E-state index contributed by atoms with van der Waals surface area (Å²) >= 11 is 0. The van der Waals surface area contributed by atoms with Crippen LogP contribution in [0, 0.1) is 12.7 Å². The fourth-order valence-electron chi connectivity index (χ4n) is 3.59. The first-order valence-electron chi connectivity index (χ1n) is 9.11. The van der Waals surface area contributed by atoms with Gasteiger partial charge in [-0.05, 0) is 36.8 Å². The molecule has 4 rings (SSSR count). The largest absolute Gasteiger partial charge is 0.326 e. The second-order valence-electron chi connectivity index (χ2n) is 6.96. The van der Waals surface area contributed by atoms with Crippen LogP contribution in [-0.2, 0) is 16.6 Å². The number of hydrogen-bond donors (Lipinski definition) is 2. The van der Waals surface area contributed by atoms with Gasteiger partial charge in [0.2, 0.25) is 11.8 Å². The van der Waals surface area contributed by atoms with Crippen LogP contribution in [0.4, 0.5) is 15.8 Å². The number of nitrogens with one attached hydrogen (secondary N) is 2. The molecule has 0 aliphatic carbocycles. The zero-order chi connectivity index (χ0) is 20.7. The Hall–Kier alpha value is -3.68. The van der Waals surface area contributed by atoms with Crippen LogP contribution in [0.5, 0.6) is 0 Å². The maximum Gasteiger partial charge on any atom is 0.295 e. The summed E-state index contributed by atoms with van der Waals surface area (Å²) in [5.74, 6) is -2.19. The van der Waals surface area contributed by atoms with Crippen LogP contribution < -0.4 is 16.2 Å². The Morgan fingerprint density at radius 1 is 1.17 bits per heavy atom. The molecule has 0 radical (unpaired) electrons. The number of nitrogens with zero attached hydrogens (tertiary/aromatic N) is 2. The Balaban J connectivity index is 1.70. The molecule has 0 fully saturated rings. The number of amides is 2. The van der Waals surface area contributed by atoms with E-state index in [4.69, 9.17) is 0 Å². The molecule has 29 heavy (non-hydrogen) atoms. The summed E-state index contributed by atoms with van der Waals surface area (Å²) in [4.78, 5) is 38.0. The molecule has 2 aromatic carbocycles. The summed E-state index contributed by atoms with van der Waals surface area (Å²) in [5.41, 5.74) is 1.81. The molecule has 7 nitrogen and oxygen atoms in total. The van der Waals surface area contributed by atoms with Crippen LogP contribution in [0.2, 0.25) is 0 Å². The summed E-state index contributed by atoms with van der Waals surface area (Å²) in [6.45, 7) is 1.73. The molecule has 1 aliphatic heterocycles. The van der Waals surface area contributed by atoms with E-state index < -0.39 is 17.6 Å². The molecule has 1 aromatic heterocycles. The number of halogens is 1. The molecule has 0 saturated heterocycles. The highest BCUT2D eigenvalue weighted by molar-refractivity contribution is 6.05. The van der Waals surface area contributed by atoms with Gasteiger partial charge in [-0.1, -0.05) is 24.3 Å². The van der Waals surface area contributed by atoms with Crippen molar-refractivity contribution >= 4 is 23.2 Å². The van der Waals surface area contributed by atoms with Crippen LogP contribution in [0.25, 0.3) is 5.69 Å². The predicted octanol–water partition coefficient (Wildman–Crippen LogP) is 2.69. The smallest absolute Gasteiger partial charge is 0.295 e. The zero-order valence-electron chi connectivity index (χ0n) is 15.9. The molecule has 2 amide bonds. The fraction of sp³-hybridized carbons (Fsp3) is 0.190. The molecule has 2 heterocycles. The van der Waals surface area contributed by atoms with Gasteiger partial charge in [0.15, 0.2) is 0 Å². The van der Waals surface area contributed by atoms with Gasteiger partial charge in [-0.25, -0.2) is 9.07 Å². The lowest BCUT2D eigenvalue weighted by Crippen LogP contribution is -2.32. The first kappa shape index (κ1) is 18.7. The third-order valence-corrected chi connectivity index (χ3v) is 5.17. The fourth-order valence-corrected chi connectivity index (χ4v) is 3.59. The lowest BCUT2D eigenvalue weighted by molar-refractivity contribution is -0.123. The first-order chi connectivity index (χ1) is 13.9. The molecule has 0 bridgehead atoms. The van der Waals surface area contributed by atoms with Gasteiger partial charge >= 0.3 is 0 Å². The number of benzene rings is 2. The average molecular weight is 394 g/mol. The Morgan fingerprint density at radius 3 is 2.62 bits per heavy atom. The molecule has 3 aromatic rings. The standard InChI is InChI=1S/C21H19FN4O3/c1-12-19(21(29)26(25(12)2)14-6-4-3-5-7-14)24-20(28)16-11-18(27)23-17-10-13(22)8-9-15(16)17/h3-10,16H,11H2,1-2H3,(H,23,27)(H,24,28)/t16-/m1/s1. The van der Waals surface area contributed by atoms with E-state index in [9.17, 15) is 18.8 Å². The van der Waals surface area contributed by atoms with Crippen LogP contribution >= 0.6 is 0 Å². The highest BCUT2D eigenvalue weighted by Gasteiger charge is 2.32. The predicted molar refractivity (Wildman–Crippen MR) is 107 cm³/mol. The second-order valence-corrected chi connectivity index (χ2v) is 6.96. The highest BCUT2D eigenvalue weighted by atomic mass is 19.1. The number of carbonyl (C=O) groups excluding carboxylic acids is 2. The highest BCUT2D eigenvalue weighted by Crippen LogP contribution is 2.33. The van der Waals surface area contributed by atoms with Crippen LogP contribution in [-0.4, -0.2) is 21.2 Å². The van der Waals surface area contributed by atoms with E-state index >= 15 is 0 Å². The van der Waals surface area contributed by atoms with E-state index in [-0.39, 0.29) is 29.3 Å². The molecule has 0 unspecified atom stereocenters. The van der Waals surface area contributed by atoms with E-state index in [1.54, 1.807) is 30.8 Å². The number of rotatable bonds is 3. The normalized spacial score (nSPS) is 15.6. The summed E-state index contributed by atoms with van der Waals surface area (Å²) in [6.07, 6.45) is -0.0801. The van der Waals surface area contributed by atoms with Crippen molar-refractivity contribution in [3.05, 3.63) is 76.0 Å². The summed E-state index contributed by atoms with van der Waals surface area (Å²) in [7, 11) is 1.73. The summed E-state index contributed by atoms with van der Waals surface area (Å²) < 4.78 is 16.6. The van der Waals surface area contributed by atoms with E-state index in [0.29, 0.717) is 16.9 Å². The minimum Gasteiger partial charge on any atom is -0.326 e. The maximum absolute atomic E-state index is 13.5. The molecule has 2 N–H and O–H groups in total. The second kappa shape index (κ2) is 7.05. The lowest BCUT2D eigenvalue weighted by atomic mass is 9.89. The number of aromatic nitrogens is 2. The van der Waals surface area contributed by atoms with Gasteiger partial charge in [0.05, 0.1) is 17.3 Å². The summed E-state index contributed by atoms with van der Waals surface area (Å²) in [5, 5.41) is 5.27. The topological polar surface area (TPSA) is 85.1 Å². The molecular weight excluding hydrogens is 375 g/mol. The number of para-hydroxylation sites is 1. The van der Waals surface area contributed by atoms with Crippen molar-refractivity contribution in [3.8, 4) is 5.69 Å². The average Bonchev–Trinajstić information content (AvgIpc) is 2.90. The molecule has 1 aliphatic rings. The minimum absolute atomic E-state index is 0.0801. The quantitative estimate of drug-likeness (QED) is 0.716. The van der Waals surface area contributed by atoms with E-state index in [1.807, 2.05) is 18.2 Å². The Kier molecular flexibility index (Phi) is 4.54. The lowest BCUT2D eigenvalue weighted by Gasteiger charge is -2.24. The number of carbonyl (C=O) groups is 2. The van der Waals surface area contributed by atoms with Gasteiger partial charge in [-0.3, -0.25) is 19.1 Å². The number of hydrogen-bond acceptors (Lipinski definition) is 3. The van der Waals surface area contributed by atoms with E-state index in [2.05, 4.69) is 10.6 Å². The maximum atomic E-state index is 13.5. The van der Waals surface area contributed by atoms with Crippen LogP contribution in [0.15, 0.2) is 53.3 Å². The zero-order valence-corrected chi connectivity index (χ0v) is 15.9. The number of fused-ring (bicyclic) bond motifs is 1. The minimum atomic E-state index is -0.816. The third kappa shape index (κ3) is 3.22. The molecular formula is C21H19FN4O3. The van der Waals surface area contributed by atoms with Crippen molar-refractivity contribution in [1.82, 2.24) is 9.36 Å². The molecule has 0 saturated carbocycles. The van der Waals surface area contributed by atoms with Gasteiger partial charge in [0, 0.05) is 19.2 Å². The van der Waals surface area contributed by atoms with Gasteiger partial charge in [0.1, 0.15) is 11.5 Å². The van der Waals surface area contributed by atoms with Crippen molar-refractivity contribution in [2.45, 2.75) is 19.3 Å². The SMILES string of the molecule is Cc1c(NC(=O)[C@@H]2CC(=O)Nc3cc(F)ccc32)c(=O)n(-c2ccccc2)n1C.